The SMILES string of the molecule is COc1ccc(Cn2c(SC(C)C(=O)Nc3cccc(F)c3)nc3ccccc3c2=O)cc1. The summed E-state index contributed by atoms with van der Waals surface area (Å²) in [5.74, 6) is -0.0263. The summed E-state index contributed by atoms with van der Waals surface area (Å²) in [5, 5.41) is 3.06. The summed E-state index contributed by atoms with van der Waals surface area (Å²) in [4.78, 5) is 30.7. The van der Waals surface area contributed by atoms with Crippen LogP contribution in [0.3, 0.4) is 0 Å². The normalized spacial score (nSPS) is 11.8. The van der Waals surface area contributed by atoms with Crippen LogP contribution in [0.2, 0.25) is 0 Å². The van der Waals surface area contributed by atoms with E-state index in [1.165, 1.54) is 30.0 Å². The van der Waals surface area contributed by atoms with Gasteiger partial charge in [-0.2, -0.15) is 0 Å². The van der Waals surface area contributed by atoms with E-state index in [9.17, 15) is 14.0 Å². The molecule has 8 heteroatoms. The number of halogens is 1. The molecule has 4 aromatic rings. The number of nitrogens with zero attached hydrogens (tertiary/aromatic N) is 2. The van der Waals surface area contributed by atoms with Crippen LogP contribution in [-0.2, 0) is 11.3 Å². The molecule has 0 spiro atoms. The van der Waals surface area contributed by atoms with Crippen LogP contribution >= 0.6 is 11.8 Å². The number of ether oxygens (including phenoxy) is 1. The lowest BCUT2D eigenvalue weighted by atomic mass is 10.2. The fraction of sp³-hybridized carbons (Fsp3) is 0.160. The average Bonchev–Trinajstić information content (AvgIpc) is 2.82. The lowest BCUT2D eigenvalue weighted by molar-refractivity contribution is -0.115. The fourth-order valence-corrected chi connectivity index (χ4v) is 4.22. The van der Waals surface area contributed by atoms with Gasteiger partial charge in [-0.1, -0.05) is 42.1 Å². The van der Waals surface area contributed by atoms with Crippen LogP contribution in [-0.4, -0.2) is 27.8 Å². The van der Waals surface area contributed by atoms with Crippen LogP contribution in [0, 0.1) is 5.82 Å². The molecule has 1 atom stereocenters. The maximum atomic E-state index is 13.5. The molecule has 1 aromatic heterocycles. The Labute approximate surface area is 194 Å². The van der Waals surface area contributed by atoms with E-state index < -0.39 is 11.1 Å². The first kappa shape index (κ1) is 22.5. The van der Waals surface area contributed by atoms with Gasteiger partial charge in [-0.05, 0) is 55.0 Å². The van der Waals surface area contributed by atoms with E-state index in [0.29, 0.717) is 28.3 Å². The Kier molecular flexibility index (Phi) is 6.74. The molecular weight excluding hydrogens is 441 g/mol. The van der Waals surface area contributed by atoms with Crippen molar-refractivity contribution in [1.29, 1.82) is 0 Å². The molecule has 1 heterocycles. The Bertz CT molecular complexity index is 1360. The second kappa shape index (κ2) is 9.87. The van der Waals surface area contributed by atoms with Crippen LogP contribution in [0.25, 0.3) is 10.9 Å². The molecule has 168 valence electrons. The number of carbonyl (C=O) groups is 1. The minimum atomic E-state index is -0.580. The first-order valence-electron chi connectivity index (χ1n) is 10.3. The Balaban J connectivity index is 1.65. The standard InChI is InChI=1S/C25H22FN3O3S/c1-16(23(30)27-19-7-5-6-18(26)14-19)33-25-28-22-9-4-3-8-21(22)24(31)29(25)15-17-10-12-20(32-2)13-11-17/h3-14,16H,15H2,1-2H3,(H,27,30). The number of thioether (sulfide) groups is 1. The summed E-state index contributed by atoms with van der Waals surface area (Å²) < 4.78 is 20.2. The van der Waals surface area contributed by atoms with Crippen molar-refractivity contribution in [1.82, 2.24) is 9.55 Å². The van der Waals surface area contributed by atoms with E-state index in [-0.39, 0.29) is 11.5 Å². The van der Waals surface area contributed by atoms with Crippen molar-refractivity contribution in [3.05, 3.63) is 94.5 Å². The van der Waals surface area contributed by atoms with Gasteiger partial charge >= 0.3 is 0 Å². The highest BCUT2D eigenvalue weighted by Crippen LogP contribution is 2.25. The third-order valence-corrected chi connectivity index (χ3v) is 6.16. The van der Waals surface area contributed by atoms with Crippen molar-refractivity contribution in [2.75, 3.05) is 12.4 Å². The van der Waals surface area contributed by atoms with Gasteiger partial charge in [-0.15, -0.1) is 0 Å². The van der Waals surface area contributed by atoms with Gasteiger partial charge in [0, 0.05) is 5.69 Å². The van der Waals surface area contributed by atoms with Gasteiger partial charge < -0.3 is 10.1 Å². The van der Waals surface area contributed by atoms with E-state index in [1.807, 2.05) is 30.3 Å². The quantitative estimate of drug-likeness (QED) is 0.317. The van der Waals surface area contributed by atoms with Crippen LogP contribution in [0.1, 0.15) is 12.5 Å². The molecule has 0 aliphatic heterocycles. The summed E-state index contributed by atoms with van der Waals surface area (Å²) in [6.07, 6.45) is 0. The minimum Gasteiger partial charge on any atom is -0.497 e. The number of methoxy groups -OCH3 is 1. The third-order valence-electron chi connectivity index (χ3n) is 5.07. The number of para-hydroxylation sites is 1. The highest BCUT2D eigenvalue weighted by Gasteiger charge is 2.20. The van der Waals surface area contributed by atoms with Crippen molar-refractivity contribution < 1.29 is 13.9 Å². The summed E-state index contributed by atoms with van der Waals surface area (Å²) in [5.41, 5.74) is 1.65. The van der Waals surface area contributed by atoms with Gasteiger partial charge in [0.1, 0.15) is 11.6 Å². The topological polar surface area (TPSA) is 73.2 Å². The molecule has 6 nitrogen and oxygen atoms in total. The predicted molar refractivity (Wildman–Crippen MR) is 128 cm³/mol. The molecule has 3 aromatic carbocycles. The molecule has 1 unspecified atom stereocenters. The number of rotatable bonds is 7. The number of aromatic nitrogens is 2. The first-order chi connectivity index (χ1) is 15.9. The van der Waals surface area contributed by atoms with Gasteiger partial charge in [0.2, 0.25) is 5.91 Å². The lowest BCUT2D eigenvalue weighted by Gasteiger charge is -2.17. The number of benzene rings is 3. The molecule has 1 amide bonds. The number of hydrogen-bond donors (Lipinski definition) is 1. The highest BCUT2D eigenvalue weighted by atomic mass is 32.2. The van der Waals surface area contributed by atoms with Crippen molar-refractivity contribution in [2.45, 2.75) is 23.9 Å². The van der Waals surface area contributed by atoms with Gasteiger partial charge in [0.15, 0.2) is 5.16 Å². The predicted octanol–water partition coefficient (Wildman–Crippen LogP) is 4.71. The molecule has 0 aliphatic rings. The molecular formula is C25H22FN3O3S. The molecule has 4 rings (SSSR count). The summed E-state index contributed by atoms with van der Waals surface area (Å²) in [7, 11) is 1.60. The Morgan fingerprint density at radius 2 is 1.88 bits per heavy atom. The van der Waals surface area contributed by atoms with Crippen molar-refractivity contribution in [3.63, 3.8) is 0 Å². The zero-order valence-electron chi connectivity index (χ0n) is 18.1. The number of carbonyl (C=O) groups excluding carboxylic acids is 1. The number of amides is 1. The Morgan fingerprint density at radius 1 is 1.12 bits per heavy atom. The Hall–Kier alpha value is -3.65. The number of fused-ring (bicyclic) bond motifs is 1. The summed E-state index contributed by atoms with van der Waals surface area (Å²) >= 11 is 1.18. The maximum Gasteiger partial charge on any atom is 0.262 e. The summed E-state index contributed by atoms with van der Waals surface area (Å²) in [6, 6.07) is 20.3. The molecule has 0 aliphatic carbocycles. The average molecular weight is 464 g/mol. The maximum absolute atomic E-state index is 13.5. The molecule has 0 fully saturated rings. The lowest BCUT2D eigenvalue weighted by Crippen LogP contribution is -2.27. The molecule has 0 saturated carbocycles. The van der Waals surface area contributed by atoms with Crippen molar-refractivity contribution >= 4 is 34.3 Å². The van der Waals surface area contributed by atoms with Crippen LogP contribution in [0.5, 0.6) is 5.75 Å². The van der Waals surface area contributed by atoms with Gasteiger partial charge in [0.25, 0.3) is 5.56 Å². The third kappa shape index (κ3) is 5.23. The zero-order chi connectivity index (χ0) is 23.4. The van der Waals surface area contributed by atoms with Crippen LogP contribution in [0.4, 0.5) is 10.1 Å². The van der Waals surface area contributed by atoms with Crippen LogP contribution < -0.4 is 15.6 Å². The summed E-state index contributed by atoms with van der Waals surface area (Å²) in [6.45, 7) is 2.01. The van der Waals surface area contributed by atoms with E-state index in [1.54, 1.807) is 42.9 Å². The Morgan fingerprint density at radius 3 is 2.61 bits per heavy atom. The van der Waals surface area contributed by atoms with E-state index in [4.69, 9.17) is 4.74 Å². The van der Waals surface area contributed by atoms with E-state index in [0.717, 1.165) is 11.3 Å². The van der Waals surface area contributed by atoms with Crippen molar-refractivity contribution in [3.8, 4) is 5.75 Å². The van der Waals surface area contributed by atoms with Gasteiger partial charge in [-0.25, -0.2) is 9.37 Å². The van der Waals surface area contributed by atoms with Crippen molar-refractivity contribution in [2.24, 2.45) is 0 Å². The second-order valence-electron chi connectivity index (χ2n) is 7.41. The van der Waals surface area contributed by atoms with E-state index >= 15 is 0 Å². The fourth-order valence-electron chi connectivity index (χ4n) is 3.31. The zero-order valence-corrected chi connectivity index (χ0v) is 18.9. The van der Waals surface area contributed by atoms with E-state index in [2.05, 4.69) is 10.3 Å². The molecule has 0 radical (unpaired) electrons. The largest absolute Gasteiger partial charge is 0.497 e. The monoisotopic (exact) mass is 463 g/mol. The highest BCUT2D eigenvalue weighted by molar-refractivity contribution is 8.00. The minimum absolute atomic E-state index is 0.184. The smallest absolute Gasteiger partial charge is 0.262 e. The first-order valence-corrected chi connectivity index (χ1v) is 11.2. The van der Waals surface area contributed by atoms with Gasteiger partial charge in [-0.3, -0.25) is 14.2 Å². The van der Waals surface area contributed by atoms with Gasteiger partial charge in [0.05, 0.1) is 29.8 Å². The molecule has 0 saturated heterocycles. The number of hydrogen-bond acceptors (Lipinski definition) is 5. The number of nitrogens with one attached hydrogen (secondary N) is 1. The second-order valence-corrected chi connectivity index (χ2v) is 8.72. The van der Waals surface area contributed by atoms with Crippen LogP contribution in [0.15, 0.2) is 82.7 Å². The molecule has 0 bridgehead atoms. The number of anilines is 1. The molecule has 33 heavy (non-hydrogen) atoms. The molecule has 1 N–H and O–H groups in total.